The predicted molar refractivity (Wildman–Crippen MR) is 155 cm³/mol. The summed E-state index contributed by atoms with van der Waals surface area (Å²) >= 11 is 6.47. The molecule has 11 heteroatoms. The highest BCUT2D eigenvalue weighted by molar-refractivity contribution is 6.33. The summed E-state index contributed by atoms with van der Waals surface area (Å²) in [6.07, 6.45) is 8.66. The van der Waals surface area contributed by atoms with Crippen molar-refractivity contribution in [3.63, 3.8) is 0 Å². The number of amides is 2. The van der Waals surface area contributed by atoms with Crippen LogP contribution in [0.1, 0.15) is 47.3 Å². The number of imidazole rings is 1. The van der Waals surface area contributed by atoms with E-state index >= 15 is 0 Å². The minimum Gasteiger partial charge on any atom is -0.381 e. The van der Waals surface area contributed by atoms with E-state index in [2.05, 4.69) is 25.6 Å². The number of hydrogen-bond acceptors (Lipinski definition) is 7. The molecule has 41 heavy (non-hydrogen) atoms. The Morgan fingerprint density at radius 1 is 1.20 bits per heavy atom. The van der Waals surface area contributed by atoms with Gasteiger partial charge in [0.15, 0.2) is 0 Å². The maximum absolute atomic E-state index is 13.3. The second-order valence-corrected chi connectivity index (χ2v) is 10.7. The Bertz CT molecular complexity index is 1570. The lowest BCUT2D eigenvalue weighted by molar-refractivity contribution is -0.122. The van der Waals surface area contributed by atoms with E-state index in [-0.39, 0.29) is 30.4 Å². The Morgan fingerprint density at radius 3 is 2.85 bits per heavy atom. The number of hydrogen-bond donors (Lipinski definition) is 2. The van der Waals surface area contributed by atoms with Gasteiger partial charge in [-0.25, -0.2) is 15.0 Å². The first-order valence-electron chi connectivity index (χ1n) is 13.6. The summed E-state index contributed by atoms with van der Waals surface area (Å²) in [5, 5.41) is 6.78. The Hall–Kier alpha value is -4.28. The summed E-state index contributed by atoms with van der Waals surface area (Å²) in [4.78, 5) is 40.9. The van der Waals surface area contributed by atoms with Gasteiger partial charge in [0.25, 0.3) is 5.91 Å². The molecule has 10 nitrogen and oxygen atoms in total. The van der Waals surface area contributed by atoms with Gasteiger partial charge >= 0.3 is 0 Å². The number of carbonyl (C=O) groups is 2. The second-order valence-electron chi connectivity index (χ2n) is 10.3. The molecule has 0 bridgehead atoms. The normalized spacial score (nSPS) is 16.0. The highest BCUT2D eigenvalue weighted by Crippen LogP contribution is 2.32. The van der Waals surface area contributed by atoms with Crippen molar-refractivity contribution < 1.29 is 14.3 Å². The molecule has 4 aromatic rings. The largest absolute Gasteiger partial charge is 0.381 e. The first kappa shape index (κ1) is 26.9. The summed E-state index contributed by atoms with van der Waals surface area (Å²) in [6, 6.07) is 13.5. The van der Waals surface area contributed by atoms with Crippen molar-refractivity contribution in [3.8, 4) is 16.9 Å². The number of fused-ring (bicyclic) bond motifs is 1. The molecule has 1 atom stereocenters. The third-order valence-corrected chi connectivity index (χ3v) is 7.72. The highest BCUT2D eigenvalue weighted by Gasteiger charge is 2.30. The van der Waals surface area contributed by atoms with E-state index in [1.54, 1.807) is 29.7 Å². The molecule has 1 fully saturated rings. The third kappa shape index (κ3) is 5.94. The van der Waals surface area contributed by atoms with E-state index in [9.17, 15) is 9.59 Å². The lowest BCUT2D eigenvalue weighted by atomic mass is 10.0. The lowest BCUT2D eigenvalue weighted by Gasteiger charge is -2.23. The minimum atomic E-state index is -0.235. The maximum Gasteiger partial charge on any atom is 0.254 e. The first-order valence-corrected chi connectivity index (χ1v) is 14.0. The van der Waals surface area contributed by atoms with Crippen LogP contribution in [0.25, 0.3) is 16.9 Å². The second kappa shape index (κ2) is 11.7. The zero-order chi connectivity index (χ0) is 28.3. The molecular formula is C30H30ClN7O3. The van der Waals surface area contributed by atoms with E-state index < -0.39 is 0 Å². The number of rotatable bonds is 8. The lowest BCUT2D eigenvalue weighted by Crippen LogP contribution is -2.38. The van der Waals surface area contributed by atoms with Crippen LogP contribution in [0.15, 0.2) is 67.4 Å². The van der Waals surface area contributed by atoms with Crippen LogP contribution in [0.5, 0.6) is 0 Å². The fourth-order valence-corrected chi connectivity index (χ4v) is 5.41. The first-order chi connectivity index (χ1) is 19.9. The molecule has 0 spiro atoms. The molecule has 0 aliphatic carbocycles. The molecule has 2 N–H and O–H groups in total. The summed E-state index contributed by atoms with van der Waals surface area (Å²) in [5.74, 6) is 0.0678. The monoisotopic (exact) mass is 571 g/mol. The SMILES string of the molecule is CC(NC(=O)CN1Cc2ccc(-c3nc(NC4CCOCC4)ncc3Cl)cc2C1=O)c1cccc(-n2ccnc2)c1. The van der Waals surface area contributed by atoms with E-state index in [1.807, 2.05) is 54.1 Å². The molecule has 2 aliphatic rings. The Labute approximate surface area is 242 Å². The summed E-state index contributed by atoms with van der Waals surface area (Å²) in [6.45, 7) is 3.66. The summed E-state index contributed by atoms with van der Waals surface area (Å²) in [7, 11) is 0. The van der Waals surface area contributed by atoms with Crippen LogP contribution in [0.4, 0.5) is 5.95 Å². The van der Waals surface area contributed by atoms with Crippen LogP contribution >= 0.6 is 11.6 Å². The zero-order valence-corrected chi connectivity index (χ0v) is 23.3. The number of nitrogens with one attached hydrogen (secondary N) is 2. The van der Waals surface area contributed by atoms with Gasteiger partial charge < -0.3 is 24.8 Å². The number of nitrogens with zero attached hydrogens (tertiary/aromatic N) is 5. The van der Waals surface area contributed by atoms with Gasteiger partial charge in [0.2, 0.25) is 11.9 Å². The summed E-state index contributed by atoms with van der Waals surface area (Å²) < 4.78 is 7.33. The van der Waals surface area contributed by atoms with Gasteiger partial charge in [0.05, 0.1) is 29.3 Å². The van der Waals surface area contributed by atoms with Gasteiger partial charge in [-0.3, -0.25) is 9.59 Å². The van der Waals surface area contributed by atoms with Crippen molar-refractivity contribution in [1.29, 1.82) is 0 Å². The number of anilines is 1. The van der Waals surface area contributed by atoms with Crippen molar-refractivity contribution in [2.75, 3.05) is 25.1 Å². The predicted octanol–water partition coefficient (Wildman–Crippen LogP) is 4.41. The van der Waals surface area contributed by atoms with Crippen molar-refractivity contribution in [1.82, 2.24) is 29.7 Å². The smallest absolute Gasteiger partial charge is 0.254 e. The molecule has 6 rings (SSSR count). The van der Waals surface area contributed by atoms with Gasteiger partial charge in [-0.2, -0.15) is 0 Å². The molecule has 4 heterocycles. The Morgan fingerprint density at radius 2 is 2.05 bits per heavy atom. The standard InChI is InChI=1S/C30H30ClN7O3/c1-19(20-3-2-4-24(13-20)37-10-9-32-18-37)34-27(39)17-38-16-22-6-5-21(14-25(22)29(38)40)28-26(31)15-33-30(36-28)35-23-7-11-41-12-8-23/h2-6,9-10,13-15,18-19,23H,7-8,11-12,16-17H2,1H3,(H,34,39)(H,33,35,36). The molecule has 1 unspecified atom stereocenters. The molecule has 2 aromatic carbocycles. The van der Waals surface area contributed by atoms with E-state index in [1.165, 1.54) is 0 Å². The van der Waals surface area contributed by atoms with Crippen LogP contribution in [0.3, 0.4) is 0 Å². The van der Waals surface area contributed by atoms with Gasteiger partial charge in [-0.05, 0) is 49.1 Å². The highest BCUT2D eigenvalue weighted by atomic mass is 35.5. The van der Waals surface area contributed by atoms with Crippen LogP contribution in [0, 0.1) is 0 Å². The Kier molecular flexibility index (Phi) is 7.67. The van der Waals surface area contributed by atoms with Crippen molar-refractivity contribution in [3.05, 3.63) is 89.1 Å². The molecular weight excluding hydrogens is 542 g/mol. The molecule has 2 aromatic heterocycles. The quantitative estimate of drug-likeness (QED) is 0.322. The van der Waals surface area contributed by atoms with Crippen molar-refractivity contribution >= 4 is 29.4 Å². The average Bonchev–Trinajstić information content (AvgIpc) is 3.63. The van der Waals surface area contributed by atoms with Crippen molar-refractivity contribution in [2.24, 2.45) is 0 Å². The fraction of sp³-hybridized carbons (Fsp3) is 0.300. The van der Waals surface area contributed by atoms with Crippen LogP contribution in [0.2, 0.25) is 5.02 Å². The maximum atomic E-state index is 13.3. The van der Waals surface area contributed by atoms with Gasteiger partial charge in [0, 0.05) is 55.0 Å². The van der Waals surface area contributed by atoms with Crippen LogP contribution in [-0.4, -0.2) is 62.0 Å². The van der Waals surface area contributed by atoms with E-state index in [4.69, 9.17) is 16.3 Å². The Balaban J connectivity index is 1.12. The molecule has 2 amide bonds. The van der Waals surface area contributed by atoms with Crippen LogP contribution in [-0.2, 0) is 16.1 Å². The van der Waals surface area contributed by atoms with Gasteiger partial charge in [-0.15, -0.1) is 0 Å². The fourth-order valence-electron chi connectivity index (χ4n) is 5.21. The van der Waals surface area contributed by atoms with Gasteiger partial charge in [-0.1, -0.05) is 35.9 Å². The number of aromatic nitrogens is 4. The molecule has 210 valence electrons. The van der Waals surface area contributed by atoms with Crippen molar-refractivity contribution in [2.45, 2.75) is 38.4 Å². The average molecular weight is 572 g/mol. The zero-order valence-electron chi connectivity index (χ0n) is 22.6. The minimum absolute atomic E-state index is 0.0398. The molecule has 0 saturated carbocycles. The molecule has 2 aliphatic heterocycles. The topological polar surface area (TPSA) is 114 Å². The number of benzene rings is 2. The number of ether oxygens (including phenoxy) is 1. The van der Waals surface area contributed by atoms with Crippen LogP contribution < -0.4 is 10.6 Å². The third-order valence-electron chi connectivity index (χ3n) is 7.45. The number of halogens is 1. The van der Waals surface area contributed by atoms with E-state index in [0.717, 1.165) is 35.2 Å². The summed E-state index contributed by atoms with van der Waals surface area (Å²) in [5.41, 5.74) is 4.59. The molecule has 0 radical (unpaired) electrons. The molecule has 1 saturated heterocycles. The number of carbonyl (C=O) groups excluding carboxylic acids is 2. The van der Waals surface area contributed by atoms with E-state index in [0.29, 0.717) is 42.0 Å². The van der Waals surface area contributed by atoms with Gasteiger partial charge in [0.1, 0.15) is 6.54 Å².